The number of rotatable bonds is 8. The maximum absolute atomic E-state index is 12.8. The van der Waals surface area contributed by atoms with Crippen LogP contribution in [-0.4, -0.2) is 17.9 Å². The highest BCUT2D eigenvalue weighted by Crippen LogP contribution is 2.38. The predicted molar refractivity (Wildman–Crippen MR) is 149 cm³/mol. The minimum atomic E-state index is -0.777. The molecule has 1 amide bonds. The van der Waals surface area contributed by atoms with Gasteiger partial charge in [0.1, 0.15) is 18.2 Å². The average Bonchev–Trinajstić information content (AvgIpc) is 2.91. The number of non-ortho nitro benzene ring substituents is 1. The minimum Gasteiger partial charge on any atom is -0.493 e. The Kier molecular flexibility index (Phi) is 8.26. The van der Waals surface area contributed by atoms with E-state index in [1.807, 2.05) is 48.5 Å². The summed E-state index contributed by atoms with van der Waals surface area (Å²) in [5, 5.41) is 25.4. The van der Waals surface area contributed by atoms with E-state index in [0.717, 1.165) is 22.4 Å². The Morgan fingerprint density at radius 3 is 2.66 bits per heavy atom. The molecule has 0 aliphatic rings. The second-order valence-corrected chi connectivity index (χ2v) is 9.27. The van der Waals surface area contributed by atoms with Gasteiger partial charge in [0.2, 0.25) is 0 Å². The first kappa shape index (κ1) is 26.7. The molecular formula is C28H19BrClN3O5. The Hall–Kier alpha value is -4.39. The molecule has 4 aromatic rings. The first-order valence-electron chi connectivity index (χ1n) is 11.1. The van der Waals surface area contributed by atoms with Gasteiger partial charge in [0.15, 0.2) is 11.5 Å². The van der Waals surface area contributed by atoms with Crippen molar-refractivity contribution in [3.05, 3.63) is 109 Å². The molecule has 0 aromatic heterocycles. The monoisotopic (exact) mass is 591 g/mol. The van der Waals surface area contributed by atoms with Gasteiger partial charge in [0.25, 0.3) is 11.6 Å². The number of benzene rings is 4. The first-order valence-corrected chi connectivity index (χ1v) is 12.3. The third kappa shape index (κ3) is 5.94. The Balaban J connectivity index is 1.58. The van der Waals surface area contributed by atoms with Gasteiger partial charge in [-0.15, -0.1) is 0 Å². The van der Waals surface area contributed by atoms with Crippen molar-refractivity contribution in [2.75, 3.05) is 12.4 Å². The lowest BCUT2D eigenvalue weighted by atomic mass is 10.1. The van der Waals surface area contributed by atoms with E-state index >= 15 is 0 Å². The largest absolute Gasteiger partial charge is 0.493 e. The fourth-order valence-electron chi connectivity index (χ4n) is 3.76. The van der Waals surface area contributed by atoms with Crippen LogP contribution in [0, 0.1) is 21.4 Å². The number of hydrogen-bond donors (Lipinski definition) is 1. The van der Waals surface area contributed by atoms with E-state index in [1.165, 1.54) is 25.3 Å². The van der Waals surface area contributed by atoms with E-state index in [1.54, 1.807) is 12.1 Å². The molecule has 0 saturated heterocycles. The Labute approximate surface area is 231 Å². The highest BCUT2D eigenvalue weighted by atomic mass is 79.9. The highest BCUT2D eigenvalue weighted by molar-refractivity contribution is 9.10. The smallest absolute Gasteiger partial charge is 0.271 e. The van der Waals surface area contributed by atoms with Crippen molar-refractivity contribution in [2.24, 2.45) is 0 Å². The summed E-state index contributed by atoms with van der Waals surface area (Å²) in [6, 6.07) is 22.8. The van der Waals surface area contributed by atoms with E-state index in [4.69, 9.17) is 21.1 Å². The number of fused-ring (bicyclic) bond motifs is 1. The number of nitro groups is 1. The molecule has 0 aliphatic carbocycles. The molecule has 0 atom stereocenters. The van der Waals surface area contributed by atoms with Crippen LogP contribution in [0.3, 0.4) is 0 Å². The molecular weight excluding hydrogens is 574 g/mol. The quantitative estimate of drug-likeness (QED) is 0.0994. The maximum atomic E-state index is 12.8. The number of ether oxygens (including phenoxy) is 2. The summed E-state index contributed by atoms with van der Waals surface area (Å²) in [6.07, 6.45) is 1.36. The minimum absolute atomic E-state index is 0.0166. The fourth-order valence-corrected chi connectivity index (χ4v) is 4.50. The second kappa shape index (κ2) is 11.8. The van der Waals surface area contributed by atoms with Gasteiger partial charge in [-0.1, -0.05) is 54.1 Å². The fraction of sp³-hybridized carbons (Fsp3) is 0.0714. The molecule has 0 heterocycles. The summed E-state index contributed by atoms with van der Waals surface area (Å²) < 4.78 is 12.2. The number of nitro benzene ring substituents is 1. The lowest BCUT2D eigenvalue weighted by Gasteiger charge is -2.15. The van der Waals surface area contributed by atoms with E-state index in [0.29, 0.717) is 28.1 Å². The molecule has 0 spiro atoms. The SMILES string of the molecule is COc1cc(/C=C(\C#N)C(=O)Nc2cc([N+](=O)[O-])ccc2Cl)cc(Br)c1OCc1cccc2ccccc12. The Bertz CT molecular complexity index is 1630. The molecule has 0 saturated carbocycles. The topological polar surface area (TPSA) is 114 Å². The average molecular weight is 593 g/mol. The van der Waals surface area contributed by atoms with Crippen LogP contribution >= 0.6 is 27.5 Å². The third-order valence-corrected chi connectivity index (χ3v) is 6.51. The highest BCUT2D eigenvalue weighted by Gasteiger charge is 2.17. The lowest BCUT2D eigenvalue weighted by molar-refractivity contribution is -0.384. The lowest BCUT2D eigenvalue weighted by Crippen LogP contribution is -2.14. The van der Waals surface area contributed by atoms with Crippen LogP contribution in [0.5, 0.6) is 11.5 Å². The maximum Gasteiger partial charge on any atom is 0.271 e. The van der Waals surface area contributed by atoms with Crippen LogP contribution in [0.4, 0.5) is 11.4 Å². The summed E-state index contributed by atoms with van der Waals surface area (Å²) in [7, 11) is 1.49. The van der Waals surface area contributed by atoms with Gasteiger partial charge in [0.05, 0.1) is 27.2 Å². The summed E-state index contributed by atoms with van der Waals surface area (Å²) in [5.74, 6) is 0.0791. The van der Waals surface area contributed by atoms with Crippen LogP contribution in [-0.2, 0) is 11.4 Å². The standard InChI is InChI=1S/C28H19BrClN3O5/c1-37-26-13-17(11-20(15-31)28(34)32-25-14-21(33(35)36)9-10-24(25)30)12-23(29)27(26)38-16-19-7-4-6-18-5-2-3-8-22(18)19/h2-14H,16H2,1H3,(H,32,34)/b20-11+. The van der Waals surface area contributed by atoms with Crippen LogP contribution in [0.15, 0.2) is 82.8 Å². The molecule has 0 fully saturated rings. The number of nitrogens with one attached hydrogen (secondary N) is 1. The van der Waals surface area contributed by atoms with Crippen molar-refractivity contribution in [1.29, 1.82) is 5.26 Å². The molecule has 4 aromatic carbocycles. The molecule has 1 N–H and O–H groups in total. The van der Waals surface area contributed by atoms with Gasteiger partial charge < -0.3 is 14.8 Å². The number of nitriles is 1. The zero-order valence-electron chi connectivity index (χ0n) is 19.9. The third-order valence-electron chi connectivity index (χ3n) is 5.59. The van der Waals surface area contributed by atoms with E-state index in [9.17, 15) is 20.2 Å². The summed E-state index contributed by atoms with van der Waals surface area (Å²) in [4.78, 5) is 23.2. The molecule has 10 heteroatoms. The van der Waals surface area contributed by atoms with Gasteiger partial charge in [-0.05, 0) is 62.1 Å². The molecule has 0 unspecified atom stereocenters. The number of hydrogen-bond acceptors (Lipinski definition) is 6. The van der Waals surface area contributed by atoms with Crippen molar-refractivity contribution in [3.8, 4) is 17.6 Å². The number of halogens is 2. The van der Waals surface area contributed by atoms with Gasteiger partial charge in [-0.3, -0.25) is 14.9 Å². The first-order chi connectivity index (χ1) is 18.3. The van der Waals surface area contributed by atoms with Crippen molar-refractivity contribution in [3.63, 3.8) is 0 Å². The normalized spacial score (nSPS) is 11.1. The van der Waals surface area contributed by atoms with Crippen LogP contribution in [0.1, 0.15) is 11.1 Å². The molecule has 190 valence electrons. The zero-order chi connectivity index (χ0) is 27.2. The Morgan fingerprint density at radius 2 is 1.92 bits per heavy atom. The number of methoxy groups -OCH3 is 1. The summed E-state index contributed by atoms with van der Waals surface area (Å²) >= 11 is 9.56. The zero-order valence-corrected chi connectivity index (χ0v) is 22.2. The van der Waals surface area contributed by atoms with E-state index in [-0.39, 0.29) is 22.0 Å². The van der Waals surface area contributed by atoms with Crippen molar-refractivity contribution in [2.45, 2.75) is 6.61 Å². The number of anilines is 1. The van der Waals surface area contributed by atoms with Gasteiger partial charge >= 0.3 is 0 Å². The number of carbonyl (C=O) groups is 1. The van der Waals surface area contributed by atoms with Crippen molar-refractivity contribution < 1.29 is 19.2 Å². The van der Waals surface area contributed by atoms with Crippen LogP contribution in [0.25, 0.3) is 16.8 Å². The predicted octanol–water partition coefficient (Wildman–Crippen LogP) is 7.30. The number of amides is 1. The van der Waals surface area contributed by atoms with E-state index < -0.39 is 10.8 Å². The Morgan fingerprint density at radius 1 is 1.16 bits per heavy atom. The van der Waals surface area contributed by atoms with Gasteiger partial charge in [0, 0.05) is 12.1 Å². The van der Waals surface area contributed by atoms with E-state index in [2.05, 4.69) is 21.2 Å². The van der Waals surface area contributed by atoms with Crippen LogP contribution < -0.4 is 14.8 Å². The molecule has 38 heavy (non-hydrogen) atoms. The molecule has 0 aliphatic heterocycles. The summed E-state index contributed by atoms with van der Waals surface area (Å²) in [6.45, 7) is 0.293. The molecule has 8 nitrogen and oxygen atoms in total. The summed E-state index contributed by atoms with van der Waals surface area (Å²) in [5.41, 5.74) is 1.02. The molecule has 4 rings (SSSR count). The molecule has 0 radical (unpaired) electrons. The van der Waals surface area contributed by atoms with Gasteiger partial charge in [-0.2, -0.15) is 5.26 Å². The number of nitrogens with zero attached hydrogens (tertiary/aromatic N) is 2. The molecule has 0 bridgehead atoms. The second-order valence-electron chi connectivity index (χ2n) is 8.01. The van der Waals surface area contributed by atoms with Crippen molar-refractivity contribution >= 4 is 61.7 Å². The van der Waals surface area contributed by atoms with Crippen molar-refractivity contribution in [1.82, 2.24) is 0 Å². The van der Waals surface area contributed by atoms with Crippen LogP contribution in [0.2, 0.25) is 5.02 Å². The number of carbonyl (C=O) groups excluding carboxylic acids is 1. The van der Waals surface area contributed by atoms with Gasteiger partial charge in [-0.25, -0.2) is 0 Å².